The van der Waals surface area contributed by atoms with Crippen molar-refractivity contribution in [1.29, 1.82) is 0 Å². The molecule has 2 N–H and O–H groups in total. The summed E-state index contributed by atoms with van der Waals surface area (Å²) in [5.74, 6) is 1.15. The Morgan fingerprint density at radius 2 is 1.90 bits per heavy atom. The van der Waals surface area contributed by atoms with Crippen LogP contribution in [0.2, 0.25) is 0 Å². The second-order valence-corrected chi connectivity index (χ2v) is 10.7. The minimum atomic E-state index is -3.47. The zero-order chi connectivity index (χ0) is 21.4. The van der Waals surface area contributed by atoms with Crippen LogP contribution in [0.5, 0.6) is 0 Å². The Balaban J connectivity index is 1.59. The highest BCUT2D eigenvalue weighted by molar-refractivity contribution is 7.89. The van der Waals surface area contributed by atoms with Gasteiger partial charge in [0.2, 0.25) is 10.0 Å². The molecule has 1 saturated heterocycles. The van der Waals surface area contributed by atoms with E-state index in [-0.39, 0.29) is 0 Å². The summed E-state index contributed by atoms with van der Waals surface area (Å²) in [4.78, 5) is 6.06. The summed E-state index contributed by atoms with van der Waals surface area (Å²) in [6, 6.07) is 11.5. The molecule has 0 spiro atoms. The van der Waals surface area contributed by atoms with Crippen molar-refractivity contribution in [2.75, 3.05) is 26.7 Å². The molecule has 0 radical (unpaired) electrons. The van der Waals surface area contributed by atoms with E-state index in [9.17, 15) is 8.42 Å². The Hall–Kier alpha value is -1.90. The molecule has 1 unspecified atom stereocenters. The number of nitrogens with zero attached hydrogens (tertiary/aromatic N) is 2. The predicted octanol–water partition coefficient (Wildman–Crippen LogP) is 3.47. The van der Waals surface area contributed by atoms with E-state index in [1.165, 1.54) is 4.88 Å². The summed E-state index contributed by atoms with van der Waals surface area (Å²) < 4.78 is 27.9. The number of thiophene rings is 1. The Morgan fingerprint density at radius 1 is 1.13 bits per heavy atom. The van der Waals surface area contributed by atoms with E-state index in [2.05, 4.69) is 40.1 Å². The molecule has 8 heteroatoms. The molecule has 2 aromatic rings. The third-order valence-corrected chi connectivity index (χ3v) is 8.22. The molecule has 1 atom stereocenters. The third kappa shape index (κ3) is 6.06. The minimum absolute atomic E-state index is 0.390. The molecule has 30 heavy (non-hydrogen) atoms. The first-order valence-electron chi connectivity index (χ1n) is 10.6. The zero-order valence-electron chi connectivity index (χ0n) is 17.8. The van der Waals surface area contributed by atoms with Crippen molar-refractivity contribution in [2.45, 2.75) is 44.0 Å². The summed E-state index contributed by atoms with van der Waals surface area (Å²) in [5, 5.41) is 8.73. The Morgan fingerprint density at radius 3 is 2.60 bits per heavy atom. The summed E-state index contributed by atoms with van der Waals surface area (Å²) in [6.45, 7) is 4.62. The molecule has 1 aliphatic heterocycles. The number of guanidine groups is 1. The third-order valence-electron chi connectivity index (χ3n) is 5.32. The second kappa shape index (κ2) is 10.9. The first-order valence-corrected chi connectivity index (χ1v) is 12.9. The summed E-state index contributed by atoms with van der Waals surface area (Å²) in [5.41, 5.74) is 0.762. The zero-order valence-corrected chi connectivity index (χ0v) is 19.4. The maximum atomic E-state index is 13.1. The number of hydrogen-bond acceptors (Lipinski definition) is 4. The van der Waals surface area contributed by atoms with Gasteiger partial charge in [-0.2, -0.15) is 4.31 Å². The lowest BCUT2D eigenvalue weighted by atomic mass is 10.1. The Labute approximate surface area is 184 Å². The monoisotopic (exact) mass is 448 g/mol. The molecule has 1 fully saturated rings. The smallest absolute Gasteiger partial charge is 0.243 e. The fourth-order valence-corrected chi connectivity index (χ4v) is 6.27. The second-order valence-electron chi connectivity index (χ2n) is 7.77. The highest BCUT2D eigenvalue weighted by Gasteiger charge is 2.27. The van der Waals surface area contributed by atoms with E-state index in [0.29, 0.717) is 36.4 Å². The SMILES string of the molecule is CN=C(NCc1ccccc1S(=O)(=O)N1CCCCC1)NCC(C)Cc1cccs1. The number of hydrogen-bond donors (Lipinski definition) is 2. The lowest BCUT2D eigenvalue weighted by Gasteiger charge is -2.27. The van der Waals surface area contributed by atoms with Crippen molar-refractivity contribution in [1.82, 2.24) is 14.9 Å². The molecule has 1 aliphatic rings. The van der Waals surface area contributed by atoms with Gasteiger partial charge in [-0.25, -0.2) is 8.42 Å². The molecular weight excluding hydrogens is 416 g/mol. The van der Waals surface area contributed by atoms with Crippen LogP contribution in [0.25, 0.3) is 0 Å². The van der Waals surface area contributed by atoms with Crippen LogP contribution in [0.3, 0.4) is 0 Å². The van der Waals surface area contributed by atoms with Crippen LogP contribution in [0.15, 0.2) is 51.7 Å². The van der Waals surface area contributed by atoms with Gasteiger partial charge < -0.3 is 10.6 Å². The first-order chi connectivity index (χ1) is 14.5. The molecule has 0 aliphatic carbocycles. The van der Waals surface area contributed by atoms with Crippen LogP contribution in [-0.2, 0) is 23.0 Å². The molecule has 1 aromatic heterocycles. The van der Waals surface area contributed by atoms with Gasteiger partial charge in [0, 0.05) is 38.1 Å². The van der Waals surface area contributed by atoms with Crippen LogP contribution in [0.1, 0.15) is 36.6 Å². The largest absolute Gasteiger partial charge is 0.356 e. The highest BCUT2D eigenvalue weighted by atomic mass is 32.2. The molecule has 1 aromatic carbocycles. The number of sulfonamides is 1. The Bertz CT molecular complexity index is 920. The highest BCUT2D eigenvalue weighted by Crippen LogP contribution is 2.23. The molecule has 0 amide bonds. The van der Waals surface area contributed by atoms with E-state index >= 15 is 0 Å². The fourth-order valence-electron chi connectivity index (χ4n) is 3.66. The number of rotatable bonds is 8. The van der Waals surface area contributed by atoms with Gasteiger partial charge in [0.25, 0.3) is 0 Å². The topological polar surface area (TPSA) is 73.8 Å². The molecular formula is C22H32N4O2S2. The fraction of sp³-hybridized carbons (Fsp3) is 0.500. The lowest BCUT2D eigenvalue weighted by Crippen LogP contribution is -2.40. The van der Waals surface area contributed by atoms with Crippen LogP contribution < -0.4 is 10.6 Å². The van der Waals surface area contributed by atoms with Gasteiger partial charge in [-0.05, 0) is 48.3 Å². The van der Waals surface area contributed by atoms with Gasteiger partial charge in [0.15, 0.2) is 5.96 Å². The normalized spacial score (nSPS) is 16.9. The van der Waals surface area contributed by atoms with Crippen molar-refractivity contribution in [3.05, 3.63) is 52.2 Å². The van der Waals surface area contributed by atoms with Crippen LogP contribution in [0.4, 0.5) is 0 Å². The number of aliphatic imine (C=N–C) groups is 1. The lowest BCUT2D eigenvalue weighted by molar-refractivity contribution is 0.346. The van der Waals surface area contributed by atoms with Crippen molar-refractivity contribution in [2.24, 2.45) is 10.9 Å². The van der Waals surface area contributed by atoms with Gasteiger partial charge >= 0.3 is 0 Å². The van der Waals surface area contributed by atoms with E-state index in [1.54, 1.807) is 34.8 Å². The molecule has 2 heterocycles. The van der Waals surface area contributed by atoms with Crippen LogP contribution >= 0.6 is 11.3 Å². The maximum Gasteiger partial charge on any atom is 0.243 e. The quantitative estimate of drug-likeness (QED) is 0.479. The van der Waals surface area contributed by atoms with Crippen LogP contribution in [-0.4, -0.2) is 45.4 Å². The molecule has 0 bridgehead atoms. The van der Waals surface area contributed by atoms with E-state index in [4.69, 9.17) is 0 Å². The average molecular weight is 449 g/mol. The van der Waals surface area contributed by atoms with Gasteiger partial charge in [-0.3, -0.25) is 4.99 Å². The van der Waals surface area contributed by atoms with Gasteiger partial charge in [0.05, 0.1) is 4.90 Å². The van der Waals surface area contributed by atoms with Crippen molar-refractivity contribution >= 4 is 27.3 Å². The molecule has 0 saturated carbocycles. The Kier molecular flexibility index (Phi) is 8.30. The molecule has 6 nitrogen and oxygen atoms in total. The minimum Gasteiger partial charge on any atom is -0.356 e. The molecule has 164 valence electrons. The molecule has 3 rings (SSSR count). The van der Waals surface area contributed by atoms with Gasteiger partial charge in [-0.1, -0.05) is 37.6 Å². The van der Waals surface area contributed by atoms with E-state index in [0.717, 1.165) is 37.8 Å². The average Bonchev–Trinajstić information content (AvgIpc) is 3.27. The van der Waals surface area contributed by atoms with Gasteiger partial charge in [0.1, 0.15) is 0 Å². The van der Waals surface area contributed by atoms with Crippen molar-refractivity contribution in [3.63, 3.8) is 0 Å². The first kappa shape index (κ1) is 22.8. The summed E-state index contributed by atoms with van der Waals surface area (Å²) >= 11 is 1.78. The van der Waals surface area contributed by atoms with E-state index in [1.807, 2.05) is 12.1 Å². The standard InChI is InChI=1S/C22H32N4O2S2/c1-18(15-20-10-8-14-29-20)16-24-22(23-2)25-17-19-9-4-5-11-21(19)30(27,28)26-12-6-3-7-13-26/h4-5,8-11,14,18H,3,6-7,12-13,15-17H2,1-2H3,(H2,23,24,25). The van der Waals surface area contributed by atoms with Crippen molar-refractivity contribution < 1.29 is 8.42 Å². The predicted molar refractivity (Wildman–Crippen MR) is 124 cm³/mol. The van der Waals surface area contributed by atoms with Crippen molar-refractivity contribution in [3.8, 4) is 0 Å². The summed E-state index contributed by atoms with van der Waals surface area (Å²) in [6.07, 6.45) is 3.99. The van der Waals surface area contributed by atoms with E-state index < -0.39 is 10.0 Å². The number of piperidine rings is 1. The number of nitrogens with one attached hydrogen (secondary N) is 2. The maximum absolute atomic E-state index is 13.1. The number of benzene rings is 1. The van der Waals surface area contributed by atoms with Gasteiger partial charge in [-0.15, -0.1) is 11.3 Å². The van der Waals surface area contributed by atoms with Crippen LogP contribution in [0, 0.1) is 5.92 Å². The summed E-state index contributed by atoms with van der Waals surface area (Å²) in [7, 11) is -1.74.